The molecule has 0 spiro atoms. The fourth-order valence-corrected chi connectivity index (χ4v) is 1.60. The van der Waals surface area contributed by atoms with Crippen molar-refractivity contribution in [1.82, 2.24) is 5.32 Å². The van der Waals surface area contributed by atoms with E-state index in [0.717, 1.165) is 25.9 Å². The van der Waals surface area contributed by atoms with E-state index in [1.165, 1.54) is 0 Å². The van der Waals surface area contributed by atoms with Gasteiger partial charge in [0.2, 0.25) is 5.91 Å². The molecule has 2 atom stereocenters. The molecule has 1 fully saturated rings. The summed E-state index contributed by atoms with van der Waals surface area (Å²) in [6.45, 7) is 4.00. The number of nitrogens with one attached hydrogen (secondary N) is 1. The number of carbonyl (C=O) groups is 1. The molecule has 1 heterocycles. The van der Waals surface area contributed by atoms with Crippen molar-refractivity contribution < 1.29 is 9.53 Å². The maximum absolute atomic E-state index is 11.6. The first-order chi connectivity index (χ1) is 6.74. The minimum Gasteiger partial charge on any atom is -0.381 e. The Kier molecular flexibility index (Phi) is 4.90. The molecule has 1 amide bonds. The van der Waals surface area contributed by atoms with Crippen LogP contribution in [0, 0.1) is 5.92 Å². The number of hydrogen-bond donors (Lipinski definition) is 2. The number of rotatable bonds is 5. The zero-order valence-corrected chi connectivity index (χ0v) is 8.79. The quantitative estimate of drug-likeness (QED) is 0.669. The highest BCUT2D eigenvalue weighted by atomic mass is 16.5. The summed E-state index contributed by atoms with van der Waals surface area (Å²) in [7, 11) is 0. The van der Waals surface area contributed by atoms with E-state index in [9.17, 15) is 4.79 Å². The molecule has 1 saturated heterocycles. The van der Waals surface area contributed by atoms with E-state index in [0.29, 0.717) is 13.2 Å². The van der Waals surface area contributed by atoms with Crippen molar-refractivity contribution in [1.29, 1.82) is 0 Å². The Morgan fingerprint density at radius 3 is 3.07 bits per heavy atom. The van der Waals surface area contributed by atoms with Crippen molar-refractivity contribution in [2.24, 2.45) is 11.7 Å². The lowest BCUT2D eigenvalue weighted by atomic mass is 10.1. The van der Waals surface area contributed by atoms with Crippen LogP contribution in [0.3, 0.4) is 0 Å². The Morgan fingerprint density at radius 2 is 2.50 bits per heavy atom. The van der Waals surface area contributed by atoms with E-state index in [1.807, 2.05) is 6.92 Å². The van der Waals surface area contributed by atoms with Crippen molar-refractivity contribution in [2.75, 3.05) is 19.8 Å². The molecule has 3 N–H and O–H groups in total. The minimum atomic E-state index is 0.0651. The second-order valence-electron chi connectivity index (χ2n) is 3.90. The maximum atomic E-state index is 11.6. The topological polar surface area (TPSA) is 64.3 Å². The van der Waals surface area contributed by atoms with Crippen LogP contribution in [0.2, 0.25) is 0 Å². The lowest BCUT2D eigenvalue weighted by Crippen LogP contribution is -2.37. The molecule has 0 aromatic rings. The second kappa shape index (κ2) is 5.98. The van der Waals surface area contributed by atoms with Gasteiger partial charge in [-0.05, 0) is 32.7 Å². The van der Waals surface area contributed by atoms with Gasteiger partial charge in [0.1, 0.15) is 0 Å². The largest absolute Gasteiger partial charge is 0.381 e. The average molecular weight is 200 g/mol. The van der Waals surface area contributed by atoms with Crippen LogP contribution in [0.1, 0.15) is 26.2 Å². The van der Waals surface area contributed by atoms with Crippen LogP contribution in [-0.2, 0) is 9.53 Å². The molecule has 0 saturated carbocycles. The summed E-state index contributed by atoms with van der Waals surface area (Å²) in [6, 6.07) is 0.228. The summed E-state index contributed by atoms with van der Waals surface area (Å²) in [6.07, 6.45) is 2.77. The van der Waals surface area contributed by atoms with Gasteiger partial charge in [0.15, 0.2) is 0 Å². The molecule has 0 aliphatic carbocycles. The molecule has 1 aliphatic rings. The first kappa shape index (κ1) is 11.5. The van der Waals surface area contributed by atoms with Crippen molar-refractivity contribution >= 4 is 5.91 Å². The Bertz CT molecular complexity index is 179. The van der Waals surface area contributed by atoms with Gasteiger partial charge in [-0.2, -0.15) is 0 Å². The van der Waals surface area contributed by atoms with Crippen LogP contribution < -0.4 is 11.1 Å². The van der Waals surface area contributed by atoms with Gasteiger partial charge in [0, 0.05) is 12.6 Å². The van der Waals surface area contributed by atoms with E-state index < -0.39 is 0 Å². The van der Waals surface area contributed by atoms with Crippen LogP contribution in [0.5, 0.6) is 0 Å². The average Bonchev–Trinajstić information content (AvgIpc) is 2.67. The Morgan fingerprint density at radius 1 is 1.71 bits per heavy atom. The molecule has 1 aliphatic heterocycles. The highest BCUT2D eigenvalue weighted by molar-refractivity contribution is 5.79. The molecule has 0 aromatic heterocycles. The summed E-state index contributed by atoms with van der Waals surface area (Å²) >= 11 is 0. The van der Waals surface area contributed by atoms with Crippen molar-refractivity contribution in [3.05, 3.63) is 0 Å². The molecule has 4 heteroatoms. The van der Waals surface area contributed by atoms with E-state index in [-0.39, 0.29) is 17.9 Å². The normalized spacial score (nSPS) is 23.4. The number of carbonyl (C=O) groups excluding carboxylic acids is 1. The predicted molar refractivity (Wildman–Crippen MR) is 54.8 cm³/mol. The fourth-order valence-electron chi connectivity index (χ4n) is 1.60. The zero-order chi connectivity index (χ0) is 10.4. The molecule has 0 radical (unpaired) electrons. The number of hydrogen-bond acceptors (Lipinski definition) is 3. The van der Waals surface area contributed by atoms with Crippen LogP contribution in [0.25, 0.3) is 0 Å². The van der Waals surface area contributed by atoms with Gasteiger partial charge in [-0.1, -0.05) is 0 Å². The molecular formula is C10H20N2O2. The summed E-state index contributed by atoms with van der Waals surface area (Å²) in [4.78, 5) is 11.6. The summed E-state index contributed by atoms with van der Waals surface area (Å²) in [5, 5.41) is 2.98. The van der Waals surface area contributed by atoms with E-state index in [4.69, 9.17) is 10.5 Å². The van der Waals surface area contributed by atoms with E-state index in [2.05, 4.69) is 5.32 Å². The lowest BCUT2D eigenvalue weighted by molar-refractivity contribution is -0.125. The molecule has 82 valence electrons. The standard InChI is InChI=1S/C10H20N2O2/c1-8(3-2-5-11)12-10(13)9-4-6-14-7-9/h8-9H,2-7,11H2,1H3,(H,12,13). The maximum Gasteiger partial charge on any atom is 0.225 e. The van der Waals surface area contributed by atoms with Gasteiger partial charge in [0.05, 0.1) is 12.5 Å². The Balaban J connectivity index is 2.18. The summed E-state index contributed by atoms with van der Waals surface area (Å²) in [5.41, 5.74) is 5.40. The van der Waals surface area contributed by atoms with Crippen LogP contribution in [0.4, 0.5) is 0 Å². The van der Waals surface area contributed by atoms with Gasteiger partial charge in [-0.3, -0.25) is 4.79 Å². The third kappa shape index (κ3) is 3.64. The van der Waals surface area contributed by atoms with Crippen LogP contribution in [-0.4, -0.2) is 31.7 Å². The smallest absolute Gasteiger partial charge is 0.225 e. The number of ether oxygens (including phenoxy) is 1. The summed E-state index contributed by atoms with van der Waals surface area (Å²) < 4.78 is 5.16. The summed E-state index contributed by atoms with van der Waals surface area (Å²) in [5.74, 6) is 0.197. The van der Waals surface area contributed by atoms with Crippen LogP contribution >= 0.6 is 0 Å². The molecule has 0 bridgehead atoms. The molecule has 4 nitrogen and oxygen atoms in total. The number of amides is 1. The molecular weight excluding hydrogens is 180 g/mol. The van der Waals surface area contributed by atoms with E-state index >= 15 is 0 Å². The van der Waals surface area contributed by atoms with Gasteiger partial charge in [-0.25, -0.2) is 0 Å². The molecule has 0 aromatic carbocycles. The molecule has 1 rings (SSSR count). The van der Waals surface area contributed by atoms with Crippen molar-refractivity contribution in [3.63, 3.8) is 0 Å². The van der Waals surface area contributed by atoms with Crippen molar-refractivity contribution in [3.8, 4) is 0 Å². The highest BCUT2D eigenvalue weighted by Gasteiger charge is 2.24. The third-order valence-corrected chi connectivity index (χ3v) is 2.53. The SMILES string of the molecule is CC(CCCN)NC(=O)C1CCOC1. The first-order valence-electron chi connectivity index (χ1n) is 5.32. The minimum absolute atomic E-state index is 0.0651. The van der Waals surface area contributed by atoms with E-state index in [1.54, 1.807) is 0 Å². The predicted octanol–water partition coefficient (Wildman–Crippen LogP) is 0.267. The zero-order valence-electron chi connectivity index (χ0n) is 8.79. The fraction of sp³-hybridized carbons (Fsp3) is 0.900. The first-order valence-corrected chi connectivity index (χ1v) is 5.32. The number of nitrogens with two attached hydrogens (primary N) is 1. The third-order valence-electron chi connectivity index (χ3n) is 2.53. The van der Waals surface area contributed by atoms with Crippen molar-refractivity contribution in [2.45, 2.75) is 32.2 Å². The lowest BCUT2D eigenvalue weighted by Gasteiger charge is -2.15. The van der Waals surface area contributed by atoms with Crippen LogP contribution in [0.15, 0.2) is 0 Å². The van der Waals surface area contributed by atoms with Gasteiger partial charge >= 0.3 is 0 Å². The van der Waals surface area contributed by atoms with Gasteiger partial charge in [0.25, 0.3) is 0 Å². The molecule has 2 unspecified atom stereocenters. The highest BCUT2D eigenvalue weighted by Crippen LogP contribution is 2.12. The molecule has 14 heavy (non-hydrogen) atoms. The monoisotopic (exact) mass is 200 g/mol. The van der Waals surface area contributed by atoms with Gasteiger partial charge in [-0.15, -0.1) is 0 Å². The Labute approximate surface area is 85.2 Å². The second-order valence-corrected chi connectivity index (χ2v) is 3.90. The Hall–Kier alpha value is -0.610. The van der Waals surface area contributed by atoms with Gasteiger partial charge < -0.3 is 15.8 Å².